The molecule has 2 aromatic heterocycles. The van der Waals surface area contributed by atoms with E-state index in [-0.39, 0.29) is 6.03 Å². The van der Waals surface area contributed by atoms with Crippen molar-refractivity contribution in [3.63, 3.8) is 0 Å². The molecule has 5 rings (SSSR count). The summed E-state index contributed by atoms with van der Waals surface area (Å²) in [6, 6.07) is 16.6. The summed E-state index contributed by atoms with van der Waals surface area (Å²) in [7, 11) is 0. The van der Waals surface area contributed by atoms with Crippen LogP contribution in [0.1, 0.15) is 10.4 Å². The van der Waals surface area contributed by atoms with E-state index in [1.165, 1.54) is 10.4 Å². The lowest BCUT2D eigenvalue weighted by Crippen LogP contribution is -2.22. The molecule has 2 amide bonds. The summed E-state index contributed by atoms with van der Waals surface area (Å²) in [5.74, 6) is 0.821. The first-order chi connectivity index (χ1) is 14.8. The molecule has 7 nitrogen and oxygen atoms in total. The fourth-order valence-corrected chi connectivity index (χ4v) is 4.70. The number of fused-ring (bicyclic) bond motifs is 3. The molecule has 0 aliphatic carbocycles. The molecule has 150 valence electrons. The van der Waals surface area contributed by atoms with Crippen molar-refractivity contribution in [1.82, 2.24) is 15.3 Å². The molecular formula is C22H20N6OS. The second kappa shape index (κ2) is 8.10. The van der Waals surface area contributed by atoms with Crippen molar-refractivity contribution in [2.24, 2.45) is 0 Å². The summed E-state index contributed by atoms with van der Waals surface area (Å²) < 4.78 is 0. The fourth-order valence-electron chi connectivity index (χ4n) is 3.54. The minimum Gasteiger partial charge on any atom is -0.340 e. The highest BCUT2D eigenvalue weighted by molar-refractivity contribution is 7.19. The Bertz CT molecular complexity index is 1190. The van der Waals surface area contributed by atoms with Gasteiger partial charge in [0, 0.05) is 28.5 Å². The molecule has 30 heavy (non-hydrogen) atoms. The number of urea groups is 1. The molecule has 4 N–H and O–H groups in total. The van der Waals surface area contributed by atoms with Crippen LogP contribution in [0.5, 0.6) is 0 Å². The van der Waals surface area contributed by atoms with E-state index in [4.69, 9.17) is 0 Å². The zero-order valence-corrected chi connectivity index (χ0v) is 16.9. The number of amides is 2. The molecule has 0 spiro atoms. The third kappa shape index (κ3) is 3.83. The lowest BCUT2D eigenvalue weighted by atomic mass is 10.1. The van der Waals surface area contributed by atoms with Gasteiger partial charge in [-0.25, -0.2) is 14.8 Å². The summed E-state index contributed by atoms with van der Waals surface area (Å²) in [5.41, 5.74) is 3.70. The molecular weight excluding hydrogens is 396 g/mol. The molecule has 3 heterocycles. The summed E-state index contributed by atoms with van der Waals surface area (Å²) in [6.07, 6.45) is 2.58. The van der Waals surface area contributed by atoms with E-state index < -0.39 is 0 Å². The van der Waals surface area contributed by atoms with Crippen molar-refractivity contribution < 1.29 is 4.79 Å². The first kappa shape index (κ1) is 18.5. The van der Waals surface area contributed by atoms with Gasteiger partial charge in [0.1, 0.15) is 17.0 Å². The second-order valence-corrected chi connectivity index (χ2v) is 8.06. The van der Waals surface area contributed by atoms with Crippen molar-refractivity contribution in [1.29, 1.82) is 0 Å². The number of hydrogen-bond acceptors (Lipinski definition) is 6. The van der Waals surface area contributed by atoms with Gasteiger partial charge >= 0.3 is 6.03 Å². The van der Waals surface area contributed by atoms with E-state index in [1.54, 1.807) is 17.7 Å². The predicted molar refractivity (Wildman–Crippen MR) is 122 cm³/mol. The Morgan fingerprint density at radius 1 is 0.933 bits per heavy atom. The van der Waals surface area contributed by atoms with Crippen LogP contribution in [0.2, 0.25) is 0 Å². The quantitative estimate of drug-likeness (QED) is 0.386. The van der Waals surface area contributed by atoms with Gasteiger partial charge in [0.15, 0.2) is 0 Å². The van der Waals surface area contributed by atoms with E-state index in [9.17, 15) is 4.79 Å². The monoisotopic (exact) mass is 416 g/mol. The minimum absolute atomic E-state index is 0.280. The molecule has 1 aliphatic heterocycles. The van der Waals surface area contributed by atoms with Gasteiger partial charge in [0.2, 0.25) is 0 Å². The zero-order valence-electron chi connectivity index (χ0n) is 16.1. The number of benzene rings is 2. The van der Waals surface area contributed by atoms with Gasteiger partial charge < -0.3 is 21.3 Å². The number of para-hydroxylation sites is 1. The molecule has 0 bridgehead atoms. The van der Waals surface area contributed by atoms with Gasteiger partial charge in [-0.15, -0.1) is 11.3 Å². The number of aromatic nitrogens is 2. The Labute approximate surface area is 177 Å². The highest BCUT2D eigenvalue weighted by atomic mass is 32.1. The average Bonchev–Trinajstić information content (AvgIpc) is 3.15. The van der Waals surface area contributed by atoms with Crippen LogP contribution in [0.4, 0.5) is 27.7 Å². The summed E-state index contributed by atoms with van der Waals surface area (Å²) >= 11 is 1.73. The molecule has 0 atom stereocenters. The minimum atomic E-state index is -0.280. The Kier molecular flexibility index (Phi) is 5.00. The van der Waals surface area contributed by atoms with Crippen LogP contribution in [0, 0.1) is 0 Å². The van der Waals surface area contributed by atoms with Crippen molar-refractivity contribution in [3.05, 3.63) is 71.4 Å². The molecule has 0 fully saturated rings. The third-order valence-electron chi connectivity index (χ3n) is 4.95. The maximum absolute atomic E-state index is 12.2. The van der Waals surface area contributed by atoms with Gasteiger partial charge in [0.05, 0.1) is 5.39 Å². The Hall–Kier alpha value is -3.49. The molecule has 1 aliphatic rings. The second-order valence-electron chi connectivity index (χ2n) is 6.98. The van der Waals surface area contributed by atoms with Crippen LogP contribution in [0.15, 0.2) is 60.9 Å². The van der Waals surface area contributed by atoms with E-state index in [0.29, 0.717) is 5.69 Å². The maximum Gasteiger partial charge on any atom is 0.323 e. The lowest BCUT2D eigenvalue weighted by Gasteiger charge is -2.14. The van der Waals surface area contributed by atoms with E-state index in [0.717, 1.165) is 46.9 Å². The number of carbonyl (C=O) groups excluding carboxylic acids is 1. The Balaban J connectivity index is 1.31. The Morgan fingerprint density at radius 3 is 2.47 bits per heavy atom. The molecule has 0 saturated heterocycles. The van der Waals surface area contributed by atoms with Crippen LogP contribution in [-0.4, -0.2) is 22.5 Å². The topological polar surface area (TPSA) is 91.0 Å². The van der Waals surface area contributed by atoms with Crippen LogP contribution in [-0.2, 0) is 13.0 Å². The highest BCUT2D eigenvalue weighted by Gasteiger charge is 2.19. The zero-order chi connectivity index (χ0) is 20.3. The van der Waals surface area contributed by atoms with Gasteiger partial charge in [-0.1, -0.05) is 18.2 Å². The first-order valence-electron chi connectivity index (χ1n) is 9.72. The van der Waals surface area contributed by atoms with E-state index in [1.807, 2.05) is 54.6 Å². The molecule has 2 aromatic carbocycles. The van der Waals surface area contributed by atoms with E-state index >= 15 is 0 Å². The number of anilines is 4. The van der Waals surface area contributed by atoms with Crippen LogP contribution in [0.25, 0.3) is 10.2 Å². The lowest BCUT2D eigenvalue weighted by molar-refractivity contribution is 0.262. The predicted octanol–water partition coefficient (Wildman–Crippen LogP) is 4.72. The molecule has 0 radical (unpaired) electrons. The van der Waals surface area contributed by atoms with Crippen molar-refractivity contribution >= 4 is 50.5 Å². The summed E-state index contributed by atoms with van der Waals surface area (Å²) in [6.45, 7) is 1.86. The normalized spacial score (nSPS) is 12.9. The van der Waals surface area contributed by atoms with Crippen LogP contribution in [0.3, 0.4) is 0 Å². The summed E-state index contributed by atoms with van der Waals surface area (Å²) in [5, 5.41) is 13.6. The maximum atomic E-state index is 12.2. The van der Waals surface area contributed by atoms with Gasteiger partial charge in [0.25, 0.3) is 0 Å². The molecule has 0 saturated carbocycles. The number of rotatable bonds is 4. The molecule has 4 aromatic rings. The first-order valence-corrected chi connectivity index (χ1v) is 10.5. The van der Waals surface area contributed by atoms with Crippen molar-refractivity contribution in [2.75, 3.05) is 22.5 Å². The standard InChI is InChI=1S/C22H20N6OS/c29-22(27-14-4-2-1-3-5-14)28-16-8-6-15(7-9-16)26-20-19-17-10-11-23-12-18(17)30-21(19)25-13-24-20/h1-9,13,23H,10-12H2,(H,24,25,26)(H2,27,28,29). The Morgan fingerprint density at radius 2 is 1.67 bits per heavy atom. The van der Waals surface area contributed by atoms with Crippen molar-refractivity contribution in [3.8, 4) is 0 Å². The highest BCUT2D eigenvalue weighted by Crippen LogP contribution is 2.36. The number of nitrogens with zero attached hydrogens (tertiary/aromatic N) is 2. The number of carbonyl (C=O) groups is 1. The number of thiophene rings is 1. The number of hydrogen-bond donors (Lipinski definition) is 4. The van der Waals surface area contributed by atoms with Gasteiger partial charge in [-0.05, 0) is 54.9 Å². The van der Waals surface area contributed by atoms with Crippen molar-refractivity contribution in [2.45, 2.75) is 13.0 Å². The molecule has 8 heteroatoms. The van der Waals surface area contributed by atoms with E-state index in [2.05, 4.69) is 31.2 Å². The van der Waals surface area contributed by atoms with Gasteiger partial charge in [-0.3, -0.25) is 0 Å². The SMILES string of the molecule is O=C(Nc1ccccc1)Nc1ccc(Nc2ncnc3sc4c(c23)CCNC4)cc1. The third-order valence-corrected chi connectivity index (χ3v) is 6.09. The smallest absolute Gasteiger partial charge is 0.323 e. The van der Waals surface area contributed by atoms with Crippen LogP contribution < -0.4 is 21.3 Å². The largest absolute Gasteiger partial charge is 0.340 e. The fraction of sp³-hybridized carbons (Fsp3) is 0.136. The average molecular weight is 417 g/mol. The van der Waals surface area contributed by atoms with Gasteiger partial charge in [-0.2, -0.15) is 0 Å². The summed E-state index contributed by atoms with van der Waals surface area (Å²) in [4.78, 5) is 23.4. The number of nitrogens with one attached hydrogen (secondary N) is 4. The van der Waals surface area contributed by atoms with Crippen LogP contribution >= 0.6 is 11.3 Å². The molecule has 0 unspecified atom stereocenters.